The third-order valence-electron chi connectivity index (χ3n) is 4.24. The molecule has 0 bridgehead atoms. The molecule has 0 atom stereocenters. The summed E-state index contributed by atoms with van der Waals surface area (Å²) in [6.07, 6.45) is 1.59. The maximum atomic E-state index is 12.4. The van der Waals surface area contributed by atoms with E-state index in [-0.39, 0.29) is 17.4 Å². The molecular weight excluding hydrogens is 424 g/mol. The van der Waals surface area contributed by atoms with Gasteiger partial charge in [0.05, 0.1) is 34.8 Å². The summed E-state index contributed by atoms with van der Waals surface area (Å²) < 4.78 is 7.27. The number of hydrogen-bond acceptors (Lipinski definition) is 6. The minimum absolute atomic E-state index is 0.0959. The number of thioether (sulfide) groups is 1. The van der Waals surface area contributed by atoms with E-state index in [0.717, 1.165) is 0 Å². The van der Waals surface area contributed by atoms with Crippen LogP contribution in [-0.2, 0) is 11.3 Å². The van der Waals surface area contributed by atoms with Crippen LogP contribution < -0.4 is 5.32 Å². The number of carbonyl (C=O) groups excluding carboxylic acids is 1. The molecule has 152 valence electrons. The van der Waals surface area contributed by atoms with Crippen molar-refractivity contribution < 1.29 is 14.3 Å². The second-order valence-corrected chi connectivity index (χ2v) is 7.66. The van der Waals surface area contributed by atoms with Gasteiger partial charge < -0.3 is 14.8 Å². The Morgan fingerprint density at radius 1 is 1.10 bits per heavy atom. The number of anilines is 1. The highest BCUT2D eigenvalue weighted by atomic mass is 35.5. The lowest BCUT2D eigenvalue weighted by atomic mass is 10.2. The fraction of sp³-hybridized carbons (Fsp3) is 0.0952. The normalized spacial score (nSPS) is 10.8. The molecule has 1 amide bonds. The van der Waals surface area contributed by atoms with Crippen molar-refractivity contribution in [1.82, 2.24) is 14.8 Å². The molecular formula is C21H17ClN4O3S. The number of phenolic OH excluding ortho intramolecular Hbond substituents is 1. The number of aromatic hydroxyl groups is 1. The standard InChI is InChI=1S/C21H17ClN4O3S/c22-16-8-2-3-9-17(16)23-19(28)13-30-21-25-24-20(15-7-1-4-10-18(15)27)26(21)12-14-6-5-11-29-14/h1-11,27H,12-13H2,(H,23,28). The molecule has 0 aliphatic heterocycles. The first-order valence-corrected chi connectivity index (χ1v) is 10.4. The third-order valence-corrected chi connectivity index (χ3v) is 5.53. The van der Waals surface area contributed by atoms with Crippen molar-refractivity contribution in [1.29, 1.82) is 0 Å². The molecule has 0 aliphatic carbocycles. The van der Waals surface area contributed by atoms with Crippen molar-refractivity contribution in [3.05, 3.63) is 77.7 Å². The average molecular weight is 441 g/mol. The summed E-state index contributed by atoms with van der Waals surface area (Å²) in [5.41, 5.74) is 1.10. The Morgan fingerprint density at radius 3 is 2.67 bits per heavy atom. The summed E-state index contributed by atoms with van der Waals surface area (Å²) in [4.78, 5) is 12.4. The van der Waals surface area contributed by atoms with Gasteiger partial charge in [0.1, 0.15) is 11.5 Å². The number of rotatable bonds is 7. The van der Waals surface area contributed by atoms with Crippen molar-refractivity contribution in [2.75, 3.05) is 11.1 Å². The lowest BCUT2D eigenvalue weighted by Gasteiger charge is -2.10. The van der Waals surface area contributed by atoms with Crippen molar-refractivity contribution in [2.24, 2.45) is 0 Å². The molecule has 0 radical (unpaired) electrons. The minimum Gasteiger partial charge on any atom is -0.507 e. The Hall–Kier alpha value is -3.23. The summed E-state index contributed by atoms with van der Waals surface area (Å²) >= 11 is 7.33. The van der Waals surface area contributed by atoms with Crippen LogP contribution in [0.5, 0.6) is 5.75 Å². The van der Waals surface area contributed by atoms with Gasteiger partial charge in [-0.1, -0.05) is 47.6 Å². The highest BCUT2D eigenvalue weighted by Crippen LogP contribution is 2.31. The van der Waals surface area contributed by atoms with Crippen LogP contribution in [0.1, 0.15) is 5.76 Å². The van der Waals surface area contributed by atoms with E-state index < -0.39 is 0 Å². The van der Waals surface area contributed by atoms with Gasteiger partial charge in [-0.15, -0.1) is 10.2 Å². The third kappa shape index (κ3) is 4.50. The maximum absolute atomic E-state index is 12.4. The molecule has 2 aromatic heterocycles. The molecule has 0 aliphatic rings. The van der Waals surface area contributed by atoms with Crippen LogP contribution >= 0.6 is 23.4 Å². The van der Waals surface area contributed by atoms with E-state index in [1.165, 1.54) is 11.8 Å². The van der Waals surface area contributed by atoms with Crippen LogP contribution in [0.3, 0.4) is 0 Å². The summed E-state index contributed by atoms with van der Waals surface area (Å²) in [6.45, 7) is 0.359. The summed E-state index contributed by atoms with van der Waals surface area (Å²) in [5, 5.41) is 22.5. The number of nitrogens with zero attached hydrogens (tertiary/aromatic N) is 3. The Bertz CT molecular complexity index is 1160. The van der Waals surface area contributed by atoms with Gasteiger partial charge in [-0.25, -0.2) is 0 Å². The Labute approximate surface area is 181 Å². The second kappa shape index (κ2) is 9.06. The van der Waals surface area contributed by atoms with Crippen LogP contribution in [0.2, 0.25) is 5.02 Å². The SMILES string of the molecule is O=C(CSc1nnc(-c2ccccc2O)n1Cc1ccco1)Nc1ccccc1Cl. The number of para-hydroxylation sites is 2. The molecule has 2 N–H and O–H groups in total. The monoisotopic (exact) mass is 440 g/mol. The molecule has 2 heterocycles. The molecule has 0 saturated heterocycles. The number of benzene rings is 2. The number of nitrogens with one attached hydrogen (secondary N) is 1. The van der Waals surface area contributed by atoms with Gasteiger partial charge in [0, 0.05) is 0 Å². The van der Waals surface area contributed by atoms with Crippen LogP contribution in [0.25, 0.3) is 11.4 Å². The molecule has 9 heteroatoms. The summed E-state index contributed by atoms with van der Waals surface area (Å²) in [7, 11) is 0. The predicted octanol–water partition coefficient (Wildman–Crippen LogP) is 4.68. The number of halogens is 1. The van der Waals surface area contributed by atoms with Crippen molar-refractivity contribution in [2.45, 2.75) is 11.7 Å². The molecule has 0 fully saturated rings. The van der Waals surface area contributed by atoms with E-state index in [9.17, 15) is 9.90 Å². The van der Waals surface area contributed by atoms with Gasteiger partial charge in [0.25, 0.3) is 0 Å². The summed E-state index contributed by atoms with van der Waals surface area (Å²) in [5.74, 6) is 1.18. The molecule has 4 aromatic rings. The average Bonchev–Trinajstić information content (AvgIpc) is 3.39. The predicted molar refractivity (Wildman–Crippen MR) is 116 cm³/mol. The van der Waals surface area contributed by atoms with Crippen LogP contribution in [-0.4, -0.2) is 31.5 Å². The molecule has 0 spiro atoms. The van der Waals surface area contributed by atoms with Gasteiger partial charge in [-0.2, -0.15) is 0 Å². The Kier molecular flexibility index (Phi) is 6.06. The molecule has 7 nitrogen and oxygen atoms in total. The largest absolute Gasteiger partial charge is 0.507 e. The van der Waals surface area contributed by atoms with Gasteiger partial charge in [0.2, 0.25) is 5.91 Å². The lowest BCUT2D eigenvalue weighted by Crippen LogP contribution is -2.15. The Morgan fingerprint density at radius 2 is 1.90 bits per heavy atom. The van der Waals surface area contributed by atoms with E-state index in [1.807, 2.05) is 12.1 Å². The minimum atomic E-state index is -0.218. The number of carbonyl (C=O) groups is 1. The van der Waals surface area contributed by atoms with E-state index in [1.54, 1.807) is 59.4 Å². The fourth-order valence-corrected chi connectivity index (χ4v) is 3.76. The van der Waals surface area contributed by atoms with E-state index in [0.29, 0.717) is 39.6 Å². The first kappa shape index (κ1) is 20.1. The number of aromatic nitrogens is 3. The van der Waals surface area contributed by atoms with Gasteiger partial charge >= 0.3 is 0 Å². The number of hydrogen-bond donors (Lipinski definition) is 2. The zero-order chi connectivity index (χ0) is 20.9. The number of phenols is 1. The Balaban J connectivity index is 1.56. The van der Waals surface area contributed by atoms with Gasteiger partial charge in [-0.05, 0) is 36.4 Å². The number of furan rings is 1. The quantitative estimate of drug-likeness (QED) is 0.405. The summed E-state index contributed by atoms with van der Waals surface area (Å²) in [6, 6.07) is 17.6. The molecule has 2 aromatic carbocycles. The van der Waals surface area contributed by atoms with Crippen molar-refractivity contribution in [3.8, 4) is 17.1 Å². The van der Waals surface area contributed by atoms with E-state index in [4.69, 9.17) is 16.0 Å². The van der Waals surface area contributed by atoms with Crippen LogP contribution in [0.4, 0.5) is 5.69 Å². The topological polar surface area (TPSA) is 93.2 Å². The first-order valence-electron chi connectivity index (χ1n) is 9.03. The van der Waals surface area contributed by atoms with Crippen LogP contribution in [0.15, 0.2) is 76.5 Å². The van der Waals surface area contributed by atoms with E-state index in [2.05, 4.69) is 15.5 Å². The highest BCUT2D eigenvalue weighted by Gasteiger charge is 2.19. The van der Waals surface area contributed by atoms with Crippen molar-refractivity contribution in [3.63, 3.8) is 0 Å². The zero-order valence-corrected chi connectivity index (χ0v) is 17.2. The molecule has 30 heavy (non-hydrogen) atoms. The van der Waals surface area contributed by atoms with Crippen LogP contribution in [0, 0.1) is 0 Å². The van der Waals surface area contributed by atoms with Gasteiger partial charge in [-0.3, -0.25) is 9.36 Å². The maximum Gasteiger partial charge on any atom is 0.234 e. The van der Waals surface area contributed by atoms with E-state index >= 15 is 0 Å². The zero-order valence-electron chi connectivity index (χ0n) is 15.7. The fourth-order valence-electron chi connectivity index (χ4n) is 2.84. The second-order valence-electron chi connectivity index (χ2n) is 6.31. The lowest BCUT2D eigenvalue weighted by molar-refractivity contribution is -0.113. The smallest absolute Gasteiger partial charge is 0.234 e. The van der Waals surface area contributed by atoms with Gasteiger partial charge in [0.15, 0.2) is 11.0 Å². The first-order chi connectivity index (χ1) is 14.6. The highest BCUT2D eigenvalue weighted by molar-refractivity contribution is 7.99. The van der Waals surface area contributed by atoms with Crippen molar-refractivity contribution >= 4 is 35.0 Å². The molecule has 4 rings (SSSR count). The number of amides is 1. The molecule has 0 unspecified atom stereocenters. The molecule has 0 saturated carbocycles.